The van der Waals surface area contributed by atoms with Gasteiger partial charge in [-0.05, 0) is 44.0 Å². The Labute approximate surface area is 228 Å². The van der Waals surface area contributed by atoms with Crippen LogP contribution in [0.1, 0.15) is 48.5 Å². The zero-order chi connectivity index (χ0) is 28.9. The van der Waals surface area contributed by atoms with E-state index in [1.54, 1.807) is 36.3 Å². The fraction of sp³-hybridized carbons (Fsp3) is 0.407. The number of alkyl halides is 4. The third kappa shape index (κ3) is 7.27. The third-order valence-corrected chi connectivity index (χ3v) is 6.42. The van der Waals surface area contributed by atoms with Gasteiger partial charge in [-0.3, -0.25) is 14.3 Å². The van der Waals surface area contributed by atoms with Crippen LogP contribution in [-0.4, -0.2) is 51.9 Å². The van der Waals surface area contributed by atoms with E-state index in [0.717, 1.165) is 37.9 Å². The lowest BCUT2D eigenvalue weighted by molar-refractivity contribution is -0.137. The van der Waals surface area contributed by atoms with Crippen LogP contribution in [-0.2, 0) is 18.0 Å². The second-order valence-corrected chi connectivity index (χ2v) is 9.57. The molecule has 0 radical (unpaired) electrons. The summed E-state index contributed by atoms with van der Waals surface area (Å²) >= 11 is 0. The summed E-state index contributed by atoms with van der Waals surface area (Å²) in [6, 6.07) is 6.50. The number of pyridine rings is 1. The highest BCUT2D eigenvalue weighted by Crippen LogP contribution is 2.39. The number of ether oxygens (including phenoxy) is 1. The number of fused-ring (bicyclic) bond motifs is 1. The van der Waals surface area contributed by atoms with Crippen molar-refractivity contribution < 1.29 is 31.9 Å². The Morgan fingerprint density at radius 2 is 1.90 bits per heavy atom. The maximum absolute atomic E-state index is 13.2. The molecule has 0 saturated heterocycles. The third-order valence-electron chi connectivity index (χ3n) is 6.42. The van der Waals surface area contributed by atoms with E-state index < -0.39 is 35.8 Å². The minimum Gasteiger partial charge on any atom is -0.474 e. The van der Waals surface area contributed by atoms with Gasteiger partial charge >= 0.3 is 6.18 Å². The number of anilines is 3. The molecule has 1 aromatic carbocycles. The maximum Gasteiger partial charge on any atom is 0.417 e. The van der Waals surface area contributed by atoms with Crippen LogP contribution >= 0.6 is 0 Å². The number of amides is 2. The van der Waals surface area contributed by atoms with E-state index in [4.69, 9.17) is 4.74 Å². The number of carbonyl (C=O) groups excluding carboxylic acids is 2. The average Bonchev–Trinajstić information content (AvgIpc) is 3.58. The molecule has 1 unspecified atom stereocenters. The molecule has 2 N–H and O–H groups in total. The number of benzene rings is 1. The number of nitrogens with zero attached hydrogens (tertiary/aromatic N) is 4. The monoisotopic (exact) mass is 562 g/mol. The largest absolute Gasteiger partial charge is 0.474 e. The average molecular weight is 563 g/mol. The minimum absolute atomic E-state index is 0.0785. The van der Waals surface area contributed by atoms with Gasteiger partial charge < -0.3 is 20.3 Å². The smallest absolute Gasteiger partial charge is 0.417 e. The van der Waals surface area contributed by atoms with Gasteiger partial charge in [-0.1, -0.05) is 18.9 Å². The first-order valence-corrected chi connectivity index (χ1v) is 12.8. The van der Waals surface area contributed by atoms with E-state index in [-0.39, 0.29) is 30.3 Å². The van der Waals surface area contributed by atoms with Crippen LogP contribution in [0.5, 0.6) is 5.88 Å². The van der Waals surface area contributed by atoms with Crippen molar-refractivity contribution in [1.29, 1.82) is 0 Å². The van der Waals surface area contributed by atoms with E-state index in [1.165, 1.54) is 23.9 Å². The Balaban J connectivity index is 0.000000546. The Morgan fingerprint density at radius 1 is 1.15 bits per heavy atom. The molecule has 13 heteroatoms. The fourth-order valence-corrected chi connectivity index (χ4v) is 4.30. The second-order valence-electron chi connectivity index (χ2n) is 9.57. The Kier molecular flexibility index (Phi) is 8.90. The molecule has 1 aliphatic heterocycles. The van der Waals surface area contributed by atoms with E-state index in [2.05, 4.69) is 20.7 Å². The molecule has 1 fully saturated rings. The van der Waals surface area contributed by atoms with Crippen molar-refractivity contribution in [3.63, 3.8) is 0 Å². The summed E-state index contributed by atoms with van der Waals surface area (Å²) in [5.41, 5.74) is 0.484. The molecule has 2 aliphatic rings. The number of nitrogens with one attached hydrogen (secondary N) is 2. The van der Waals surface area contributed by atoms with E-state index in [9.17, 15) is 27.2 Å². The lowest BCUT2D eigenvalue weighted by Gasteiger charge is -2.31. The summed E-state index contributed by atoms with van der Waals surface area (Å²) in [7, 11) is 1.71. The topological polar surface area (TPSA) is 101 Å². The van der Waals surface area contributed by atoms with Crippen LogP contribution in [0.15, 0.2) is 48.9 Å². The number of aryl methyl sites for hydroxylation is 1. The number of aromatic nitrogens is 3. The first kappa shape index (κ1) is 28.8. The molecule has 2 amide bonds. The van der Waals surface area contributed by atoms with Crippen molar-refractivity contribution >= 4 is 28.9 Å². The van der Waals surface area contributed by atoms with Gasteiger partial charge in [0.1, 0.15) is 24.5 Å². The molecular weight excluding hydrogens is 532 g/mol. The van der Waals surface area contributed by atoms with Crippen molar-refractivity contribution in [2.24, 2.45) is 7.05 Å². The molecule has 1 atom stereocenters. The summed E-state index contributed by atoms with van der Waals surface area (Å²) < 4.78 is 58.4. The molecule has 5 rings (SSSR count). The molecule has 40 heavy (non-hydrogen) atoms. The summed E-state index contributed by atoms with van der Waals surface area (Å²) in [5.74, 6) is -0.855. The van der Waals surface area contributed by atoms with Gasteiger partial charge in [0.2, 0.25) is 11.8 Å². The van der Waals surface area contributed by atoms with Crippen LogP contribution < -0.4 is 20.3 Å². The number of halogens is 4. The lowest BCUT2D eigenvalue weighted by Crippen LogP contribution is -2.41. The van der Waals surface area contributed by atoms with Gasteiger partial charge in [0.15, 0.2) is 0 Å². The SMILES string of the molecule is CC(NC(=O)c1cccc(N2CCOc3ncc(C(F)(F)F)cc32)c1)C(=O)Nc1cnn(C)c1.FC1CCCC1. The van der Waals surface area contributed by atoms with Gasteiger partial charge in [0, 0.05) is 30.7 Å². The zero-order valence-corrected chi connectivity index (χ0v) is 22.0. The van der Waals surface area contributed by atoms with Crippen LogP contribution in [0.2, 0.25) is 0 Å². The van der Waals surface area contributed by atoms with Gasteiger partial charge in [0.25, 0.3) is 5.91 Å². The Bertz CT molecular complexity index is 1340. The van der Waals surface area contributed by atoms with Crippen LogP contribution in [0.25, 0.3) is 0 Å². The molecule has 214 valence electrons. The summed E-state index contributed by atoms with van der Waals surface area (Å²) in [5, 5.41) is 9.23. The van der Waals surface area contributed by atoms with E-state index >= 15 is 0 Å². The summed E-state index contributed by atoms with van der Waals surface area (Å²) in [6.45, 7) is 2.02. The van der Waals surface area contributed by atoms with Crippen LogP contribution in [0.3, 0.4) is 0 Å². The molecule has 3 heterocycles. The zero-order valence-electron chi connectivity index (χ0n) is 22.0. The fourth-order valence-electron chi connectivity index (χ4n) is 4.30. The highest BCUT2D eigenvalue weighted by molar-refractivity contribution is 6.01. The molecule has 1 saturated carbocycles. The predicted molar refractivity (Wildman–Crippen MR) is 140 cm³/mol. The second kappa shape index (κ2) is 12.3. The molecule has 0 bridgehead atoms. The van der Waals surface area contributed by atoms with Gasteiger partial charge in [-0.15, -0.1) is 0 Å². The van der Waals surface area contributed by atoms with Crippen LogP contribution in [0, 0.1) is 0 Å². The normalized spacial score (nSPS) is 15.8. The Hall–Kier alpha value is -4.16. The van der Waals surface area contributed by atoms with Crippen molar-refractivity contribution in [1.82, 2.24) is 20.1 Å². The van der Waals surface area contributed by atoms with E-state index in [0.29, 0.717) is 11.4 Å². The molecule has 2 aromatic heterocycles. The van der Waals surface area contributed by atoms with Gasteiger partial charge in [-0.2, -0.15) is 18.3 Å². The molecule has 0 spiro atoms. The lowest BCUT2D eigenvalue weighted by atomic mass is 10.1. The first-order valence-electron chi connectivity index (χ1n) is 12.8. The summed E-state index contributed by atoms with van der Waals surface area (Å²) in [4.78, 5) is 30.5. The number of carbonyl (C=O) groups is 2. The van der Waals surface area contributed by atoms with Crippen molar-refractivity contribution in [3.05, 3.63) is 60.0 Å². The number of hydrogen-bond acceptors (Lipinski definition) is 6. The predicted octanol–water partition coefficient (Wildman–Crippen LogP) is 5.02. The highest BCUT2D eigenvalue weighted by Gasteiger charge is 2.34. The van der Waals surface area contributed by atoms with Crippen molar-refractivity contribution in [2.75, 3.05) is 23.4 Å². The van der Waals surface area contributed by atoms with E-state index in [1.807, 2.05) is 0 Å². The Morgan fingerprint density at radius 3 is 2.52 bits per heavy atom. The van der Waals surface area contributed by atoms with Crippen molar-refractivity contribution in [2.45, 2.75) is 51.0 Å². The maximum atomic E-state index is 13.2. The first-order chi connectivity index (χ1) is 19.0. The molecule has 9 nitrogen and oxygen atoms in total. The highest BCUT2D eigenvalue weighted by atomic mass is 19.4. The minimum atomic E-state index is -4.56. The molecular formula is C27H30F4N6O3. The molecule has 3 aromatic rings. The standard InChI is InChI=1S/C22H21F3N6O3.C5H9F/c1-13(19(32)29-16-11-27-30(2)12-16)28-20(33)14-4-3-5-17(8-14)31-6-7-34-21-18(31)9-15(10-26-21)22(23,24)25;6-5-3-1-2-4-5/h3-5,8-13H,6-7H2,1-2H3,(H,28,33)(H,29,32);5H,1-4H2. The van der Waals surface area contributed by atoms with Gasteiger partial charge in [0.05, 0.1) is 24.0 Å². The molecule has 1 aliphatic carbocycles. The van der Waals surface area contributed by atoms with Crippen molar-refractivity contribution in [3.8, 4) is 5.88 Å². The number of hydrogen-bond donors (Lipinski definition) is 2. The summed E-state index contributed by atoms with van der Waals surface area (Å²) in [6.07, 6.45) is 2.68. The quantitative estimate of drug-likeness (QED) is 0.424. The van der Waals surface area contributed by atoms with Gasteiger partial charge in [-0.25, -0.2) is 9.37 Å². The van der Waals surface area contributed by atoms with Crippen LogP contribution in [0.4, 0.5) is 34.6 Å². The number of rotatable bonds is 5.